The molecule has 0 bridgehead atoms. The van der Waals surface area contributed by atoms with E-state index in [4.69, 9.17) is 9.47 Å². The molecule has 3 rings (SSSR count). The molecule has 1 fully saturated rings. The number of ether oxygens (including phenoxy) is 2. The van der Waals surface area contributed by atoms with Gasteiger partial charge in [0, 0.05) is 32.6 Å². The van der Waals surface area contributed by atoms with E-state index in [9.17, 15) is 9.59 Å². The maximum absolute atomic E-state index is 12.3. The zero-order valence-electron chi connectivity index (χ0n) is 15.3. The number of fused-ring (bicyclic) bond motifs is 1. The zero-order valence-corrected chi connectivity index (χ0v) is 15.3. The molecule has 1 saturated carbocycles. The number of benzene rings is 1. The summed E-state index contributed by atoms with van der Waals surface area (Å²) in [7, 11) is 1.76. The van der Waals surface area contributed by atoms with E-state index in [1.165, 1.54) is 19.3 Å². The van der Waals surface area contributed by atoms with Gasteiger partial charge >= 0.3 is 6.03 Å². The summed E-state index contributed by atoms with van der Waals surface area (Å²) in [4.78, 5) is 25.8. The molecule has 26 heavy (non-hydrogen) atoms. The van der Waals surface area contributed by atoms with Crippen LogP contribution in [0.5, 0.6) is 11.5 Å². The van der Waals surface area contributed by atoms with Crippen LogP contribution in [-0.2, 0) is 11.3 Å². The Labute approximate surface area is 154 Å². The Balaban J connectivity index is 1.36. The van der Waals surface area contributed by atoms with Crippen molar-refractivity contribution >= 4 is 11.9 Å². The summed E-state index contributed by atoms with van der Waals surface area (Å²) < 4.78 is 10.6. The van der Waals surface area contributed by atoms with Crippen LogP contribution in [-0.4, -0.2) is 43.3 Å². The second-order valence-corrected chi connectivity index (χ2v) is 6.92. The first-order valence-corrected chi connectivity index (χ1v) is 9.28. The minimum Gasteiger partial charge on any atom is -0.454 e. The van der Waals surface area contributed by atoms with Crippen molar-refractivity contribution in [3.63, 3.8) is 0 Å². The van der Waals surface area contributed by atoms with Gasteiger partial charge in [-0.05, 0) is 30.5 Å². The van der Waals surface area contributed by atoms with Crippen LogP contribution in [0.1, 0.15) is 44.1 Å². The summed E-state index contributed by atoms with van der Waals surface area (Å²) in [6, 6.07) is 5.76. The molecule has 0 saturated heterocycles. The van der Waals surface area contributed by atoms with Gasteiger partial charge in [0.1, 0.15) is 0 Å². The van der Waals surface area contributed by atoms with Crippen molar-refractivity contribution in [1.82, 2.24) is 15.5 Å². The summed E-state index contributed by atoms with van der Waals surface area (Å²) in [6.45, 7) is 1.06. The number of urea groups is 1. The van der Waals surface area contributed by atoms with E-state index in [1.807, 2.05) is 18.2 Å². The molecule has 1 aromatic rings. The van der Waals surface area contributed by atoms with Crippen LogP contribution < -0.4 is 20.1 Å². The minimum absolute atomic E-state index is 0.0133. The van der Waals surface area contributed by atoms with Crippen molar-refractivity contribution in [2.45, 2.75) is 51.1 Å². The van der Waals surface area contributed by atoms with Gasteiger partial charge in [-0.1, -0.05) is 25.3 Å². The number of carbonyl (C=O) groups excluding carboxylic acids is 2. The van der Waals surface area contributed by atoms with Crippen molar-refractivity contribution in [2.24, 2.45) is 0 Å². The maximum atomic E-state index is 12.3. The number of hydrogen-bond acceptors (Lipinski definition) is 4. The van der Waals surface area contributed by atoms with E-state index in [1.54, 1.807) is 11.9 Å². The number of carbonyl (C=O) groups is 2. The third-order valence-corrected chi connectivity index (χ3v) is 4.85. The Morgan fingerprint density at radius 1 is 1.15 bits per heavy atom. The molecular formula is C19H27N3O4. The second-order valence-electron chi connectivity index (χ2n) is 6.92. The molecule has 3 amide bonds. The van der Waals surface area contributed by atoms with Gasteiger partial charge < -0.3 is 25.0 Å². The first-order valence-electron chi connectivity index (χ1n) is 9.28. The minimum atomic E-state index is -0.178. The van der Waals surface area contributed by atoms with Gasteiger partial charge in [-0.2, -0.15) is 0 Å². The van der Waals surface area contributed by atoms with Gasteiger partial charge in [0.15, 0.2) is 11.5 Å². The highest BCUT2D eigenvalue weighted by atomic mass is 16.7. The third kappa shape index (κ3) is 5.03. The number of nitrogens with zero attached hydrogens (tertiary/aromatic N) is 1. The lowest BCUT2D eigenvalue weighted by Crippen LogP contribution is -2.43. The zero-order chi connectivity index (χ0) is 18.4. The highest BCUT2D eigenvalue weighted by Crippen LogP contribution is 2.32. The van der Waals surface area contributed by atoms with Crippen molar-refractivity contribution in [3.05, 3.63) is 23.8 Å². The molecule has 7 nitrogen and oxygen atoms in total. The topological polar surface area (TPSA) is 79.9 Å². The predicted octanol–water partition coefficient (Wildman–Crippen LogP) is 2.40. The molecule has 1 heterocycles. The summed E-state index contributed by atoms with van der Waals surface area (Å²) in [5.41, 5.74) is 0.980. The summed E-state index contributed by atoms with van der Waals surface area (Å²) >= 11 is 0. The average Bonchev–Trinajstić information content (AvgIpc) is 3.10. The van der Waals surface area contributed by atoms with E-state index in [0.717, 1.165) is 24.2 Å². The van der Waals surface area contributed by atoms with E-state index in [-0.39, 0.29) is 31.2 Å². The molecular weight excluding hydrogens is 334 g/mol. The molecule has 0 unspecified atom stereocenters. The van der Waals surface area contributed by atoms with Gasteiger partial charge in [-0.15, -0.1) is 0 Å². The predicted molar refractivity (Wildman–Crippen MR) is 97.1 cm³/mol. The molecule has 1 aliphatic heterocycles. The quantitative estimate of drug-likeness (QED) is 0.815. The van der Waals surface area contributed by atoms with Crippen LogP contribution in [0.3, 0.4) is 0 Å². The molecule has 142 valence electrons. The average molecular weight is 361 g/mol. The monoisotopic (exact) mass is 361 g/mol. The molecule has 0 radical (unpaired) electrons. The molecule has 1 aromatic carbocycles. The summed E-state index contributed by atoms with van der Waals surface area (Å²) in [5, 5.41) is 5.76. The Bertz CT molecular complexity index is 644. The maximum Gasteiger partial charge on any atom is 0.315 e. The first-order chi connectivity index (χ1) is 12.6. The van der Waals surface area contributed by atoms with Gasteiger partial charge in [-0.25, -0.2) is 4.79 Å². The molecule has 2 aliphatic rings. The van der Waals surface area contributed by atoms with Crippen molar-refractivity contribution in [2.75, 3.05) is 20.4 Å². The van der Waals surface area contributed by atoms with Crippen LogP contribution in [0.25, 0.3) is 0 Å². The van der Waals surface area contributed by atoms with Gasteiger partial charge in [0.05, 0.1) is 0 Å². The molecule has 2 N–H and O–H groups in total. The van der Waals surface area contributed by atoms with Crippen LogP contribution >= 0.6 is 0 Å². The second kappa shape index (κ2) is 8.78. The lowest BCUT2D eigenvalue weighted by molar-refractivity contribution is -0.130. The Morgan fingerprint density at radius 2 is 1.92 bits per heavy atom. The molecule has 1 aliphatic carbocycles. The third-order valence-electron chi connectivity index (χ3n) is 4.85. The van der Waals surface area contributed by atoms with Gasteiger partial charge in [0.25, 0.3) is 0 Å². The van der Waals surface area contributed by atoms with Gasteiger partial charge in [-0.3, -0.25) is 4.79 Å². The fourth-order valence-corrected chi connectivity index (χ4v) is 3.36. The largest absolute Gasteiger partial charge is 0.454 e. The van der Waals surface area contributed by atoms with E-state index in [0.29, 0.717) is 18.8 Å². The fourth-order valence-electron chi connectivity index (χ4n) is 3.36. The summed E-state index contributed by atoms with van der Waals surface area (Å²) in [5.74, 6) is 1.43. The molecule has 0 atom stereocenters. The van der Waals surface area contributed by atoms with Crippen molar-refractivity contribution in [1.29, 1.82) is 0 Å². The summed E-state index contributed by atoms with van der Waals surface area (Å²) in [6.07, 6.45) is 5.97. The Hall–Kier alpha value is -2.44. The lowest BCUT2D eigenvalue weighted by atomic mass is 9.96. The lowest BCUT2D eigenvalue weighted by Gasteiger charge is -2.23. The van der Waals surface area contributed by atoms with Gasteiger partial charge in [0.2, 0.25) is 12.7 Å². The molecule has 7 heteroatoms. The van der Waals surface area contributed by atoms with Crippen molar-refractivity contribution in [3.8, 4) is 11.5 Å². The Morgan fingerprint density at radius 3 is 2.73 bits per heavy atom. The highest BCUT2D eigenvalue weighted by molar-refractivity contribution is 5.78. The number of rotatable bonds is 6. The van der Waals surface area contributed by atoms with E-state index < -0.39 is 0 Å². The first kappa shape index (κ1) is 18.4. The number of hydrogen-bond donors (Lipinski definition) is 2. The van der Waals surface area contributed by atoms with Crippen LogP contribution in [0.2, 0.25) is 0 Å². The normalized spacial score (nSPS) is 16.2. The fraction of sp³-hybridized carbons (Fsp3) is 0.579. The van der Waals surface area contributed by atoms with Crippen molar-refractivity contribution < 1.29 is 19.1 Å². The Kier molecular flexibility index (Phi) is 6.20. The SMILES string of the molecule is CN(Cc1ccc2c(c1)OCO2)C(=O)CCNC(=O)NC1CCCCC1. The van der Waals surface area contributed by atoms with Crippen LogP contribution in [0, 0.1) is 0 Å². The van der Waals surface area contributed by atoms with E-state index >= 15 is 0 Å². The smallest absolute Gasteiger partial charge is 0.315 e. The highest BCUT2D eigenvalue weighted by Gasteiger charge is 2.17. The van der Waals surface area contributed by atoms with Crippen LogP contribution in [0.4, 0.5) is 4.79 Å². The number of amides is 3. The molecule has 0 aromatic heterocycles. The number of nitrogens with one attached hydrogen (secondary N) is 2. The van der Waals surface area contributed by atoms with E-state index in [2.05, 4.69) is 10.6 Å². The molecule has 0 spiro atoms. The standard InChI is InChI=1S/C19H27N3O4/c1-22(12-14-7-8-16-17(11-14)26-13-25-16)18(23)9-10-20-19(24)21-15-5-3-2-4-6-15/h7-8,11,15H,2-6,9-10,12-13H2,1H3,(H2,20,21,24). The van der Waals surface area contributed by atoms with Crippen LogP contribution in [0.15, 0.2) is 18.2 Å².